The smallest absolute Gasteiger partial charge is 0.241 e. The van der Waals surface area contributed by atoms with Crippen LogP contribution in [0.5, 0.6) is 5.75 Å². The van der Waals surface area contributed by atoms with Crippen LogP contribution in [0.1, 0.15) is 31.6 Å². The Kier molecular flexibility index (Phi) is 5.48. The van der Waals surface area contributed by atoms with Crippen molar-refractivity contribution in [3.8, 4) is 17.1 Å². The van der Waals surface area contributed by atoms with Crippen LogP contribution in [0.4, 0.5) is 0 Å². The highest BCUT2D eigenvalue weighted by atomic mass is 16.5. The molecule has 0 amide bonds. The van der Waals surface area contributed by atoms with Crippen LogP contribution in [0.25, 0.3) is 11.4 Å². The zero-order chi connectivity index (χ0) is 16.9. The van der Waals surface area contributed by atoms with E-state index in [1.165, 1.54) is 0 Å². The zero-order valence-corrected chi connectivity index (χ0v) is 14.3. The molecule has 1 aromatic heterocycles. The van der Waals surface area contributed by atoms with Gasteiger partial charge < -0.3 is 14.4 Å². The highest BCUT2D eigenvalue weighted by Crippen LogP contribution is 2.27. The first-order chi connectivity index (χ1) is 11.7. The molecule has 1 N–H and O–H groups in total. The quantitative estimate of drug-likeness (QED) is 0.877. The van der Waals surface area contributed by atoms with Gasteiger partial charge in [-0.25, -0.2) is 0 Å². The van der Waals surface area contributed by atoms with Gasteiger partial charge >= 0.3 is 0 Å². The molecule has 3 rings (SSSR count). The van der Waals surface area contributed by atoms with Gasteiger partial charge in [0.05, 0.1) is 13.7 Å². The summed E-state index contributed by atoms with van der Waals surface area (Å²) in [6.45, 7) is 0.954. The van der Waals surface area contributed by atoms with Crippen molar-refractivity contribution in [2.45, 2.75) is 38.3 Å². The molecule has 1 fully saturated rings. The predicted molar refractivity (Wildman–Crippen MR) is 90.6 cm³/mol. The molecule has 0 radical (unpaired) electrons. The monoisotopic (exact) mass is 331 g/mol. The number of hydrogen-bond acceptors (Lipinski definition) is 6. The third-order valence-corrected chi connectivity index (χ3v) is 4.88. The third kappa shape index (κ3) is 3.94. The molecule has 1 heterocycles. The van der Waals surface area contributed by atoms with Gasteiger partial charge in [-0.2, -0.15) is 4.98 Å². The Morgan fingerprint density at radius 2 is 2.08 bits per heavy atom. The molecular formula is C18H25N3O3. The van der Waals surface area contributed by atoms with E-state index in [1.54, 1.807) is 7.11 Å². The van der Waals surface area contributed by atoms with Gasteiger partial charge in [-0.15, -0.1) is 0 Å². The van der Waals surface area contributed by atoms with Crippen molar-refractivity contribution in [2.24, 2.45) is 5.92 Å². The van der Waals surface area contributed by atoms with Gasteiger partial charge in [0.1, 0.15) is 5.75 Å². The summed E-state index contributed by atoms with van der Waals surface area (Å²) in [6, 6.07) is 8.16. The zero-order valence-electron chi connectivity index (χ0n) is 14.3. The van der Waals surface area contributed by atoms with Crippen LogP contribution in [0.2, 0.25) is 0 Å². The van der Waals surface area contributed by atoms with E-state index in [4.69, 9.17) is 9.26 Å². The number of ether oxygens (including phenoxy) is 1. The van der Waals surface area contributed by atoms with Crippen molar-refractivity contribution in [1.82, 2.24) is 15.0 Å². The molecule has 0 saturated heterocycles. The Morgan fingerprint density at radius 3 is 2.79 bits per heavy atom. The van der Waals surface area contributed by atoms with Gasteiger partial charge in [0.15, 0.2) is 0 Å². The predicted octanol–water partition coefficient (Wildman–Crippen LogP) is 2.73. The average Bonchev–Trinajstić information content (AvgIpc) is 3.10. The van der Waals surface area contributed by atoms with Crippen molar-refractivity contribution >= 4 is 0 Å². The topological polar surface area (TPSA) is 71.6 Å². The standard InChI is InChI=1S/C18H25N3O3/c1-21(15-8-6-13(12-22)7-9-15)11-17-19-18(20-24-17)14-4-3-5-16(10-14)23-2/h3-5,10,13,15,22H,6-9,11-12H2,1-2H3. The number of aromatic nitrogens is 2. The Bertz CT molecular complexity index is 650. The molecule has 1 aliphatic carbocycles. The average molecular weight is 331 g/mol. The lowest BCUT2D eigenvalue weighted by molar-refractivity contribution is 0.116. The molecule has 0 bridgehead atoms. The SMILES string of the molecule is COc1cccc(-c2noc(CN(C)C3CCC(CO)CC3)n2)c1. The number of rotatable bonds is 6. The lowest BCUT2D eigenvalue weighted by atomic mass is 9.86. The summed E-state index contributed by atoms with van der Waals surface area (Å²) in [4.78, 5) is 6.78. The molecule has 130 valence electrons. The van der Waals surface area contributed by atoms with Crippen LogP contribution in [0, 0.1) is 5.92 Å². The van der Waals surface area contributed by atoms with E-state index in [2.05, 4.69) is 22.1 Å². The van der Waals surface area contributed by atoms with Gasteiger partial charge in [0.2, 0.25) is 11.7 Å². The molecule has 1 saturated carbocycles. The second-order valence-electron chi connectivity index (χ2n) is 6.52. The second kappa shape index (κ2) is 7.77. The van der Waals surface area contributed by atoms with Crippen LogP contribution in [-0.4, -0.2) is 47.0 Å². The van der Waals surface area contributed by atoms with Crippen LogP contribution in [0.15, 0.2) is 28.8 Å². The minimum Gasteiger partial charge on any atom is -0.497 e. The molecule has 0 aliphatic heterocycles. The molecular weight excluding hydrogens is 306 g/mol. The highest BCUT2D eigenvalue weighted by Gasteiger charge is 2.24. The Labute approximate surface area is 142 Å². The van der Waals surface area contributed by atoms with E-state index in [-0.39, 0.29) is 0 Å². The molecule has 0 unspecified atom stereocenters. The molecule has 0 atom stereocenters. The van der Waals surface area contributed by atoms with Gasteiger partial charge in [-0.3, -0.25) is 4.90 Å². The fourth-order valence-corrected chi connectivity index (χ4v) is 3.31. The number of benzene rings is 1. The summed E-state index contributed by atoms with van der Waals surface area (Å²) >= 11 is 0. The van der Waals surface area contributed by atoms with Crippen LogP contribution in [0.3, 0.4) is 0 Å². The first-order valence-electron chi connectivity index (χ1n) is 8.47. The molecule has 6 heteroatoms. The summed E-state index contributed by atoms with van der Waals surface area (Å²) in [5.41, 5.74) is 0.885. The maximum Gasteiger partial charge on any atom is 0.241 e. The summed E-state index contributed by atoms with van der Waals surface area (Å²) in [5.74, 6) is 2.45. The fraction of sp³-hybridized carbons (Fsp3) is 0.556. The third-order valence-electron chi connectivity index (χ3n) is 4.88. The van der Waals surface area contributed by atoms with Crippen molar-refractivity contribution < 1.29 is 14.4 Å². The Morgan fingerprint density at radius 1 is 1.29 bits per heavy atom. The van der Waals surface area contributed by atoms with E-state index in [0.29, 0.717) is 36.8 Å². The Hall–Kier alpha value is -1.92. The fourth-order valence-electron chi connectivity index (χ4n) is 3.31. The van der Waals surface area contributed by atoms with Gasteiger partial charge in [0, 0.05) is 18.2 Å². The van der Waals surface area contributed by atoms with E-state index < -0.39 is 0 Å². The largest absolute Gasteiger partial charge is 0.497 e. The highest BCUT2D eigenvalue weighted by molar-refractivity contribution is 5.56. The van der Waals surface area contributed by atoms with Crippen LogP contribution >= 0.6 is 0 Å². The minimum absolute atomic E-state index is 0.310. The summed E-state index contributed by atoms with van der Waals surface area (Å²) in [6.07, 6.45) is 4.39. The van der Waals surface area contributed by atoms with Crippen molar-refractivity contribution in [2.75, 3.05) is 20.8 Å². The van der Waals surface area contributed by atoms with Crippen molar-refractivity contribution in [3.63, 3.8) is 0 Å². The van der Waals surface area contributed by atoms with Crippen molar-refractivity contribution in [1.29, 1.82) is 0 Å². The maximum absolute atomic E-state index is 9.24. The number of aliphatic hydroxyl groups is 1. The molecule has 1 aliphatic rings. The first-order valence-corrected chi connectivity index (χ1v) is 8.47. The van der Waals surface area contributed by atoms with Crippen molar-refractivity contribution in [3.05, 3.63) is 30.2 Å². The molecule has 6 nitrogen and oxygen atoms in total. The molecule has 1 aromatic carbocycles. The van der Waals surface area contributed by atoms with E-state index in [0.717, 1.165) is 37.0 Å². The number of methoxy groups -OCH3 is 1. The van der Waals surface area contributed by atoms with E-state index >= 15 is 0 Å². The minimum atomic E-state index is 0.310. The molecule has 24 heavy (non-hydrogen) atoms. The van der Waals surface area contributed by atoms with Crippen LogP contribution < -0.4 is 4.74 Å². The lowest BCUT2D eigenvalue weighted by Crippen LogP contribution is -2.35. The summed E-state index contributed by atoms with van der Waals surface area (Å²) < 4.78 is 10.6. The van der Waals surface area contributed by atoms with E-state index in [1.807, 2.05) is 24.3 Å². The van der Waals surface area contributed by atoms with Gasteiger partial charge in [-0.1, -0.05) is 17.3 Å². The normalized spacial score (nSPS) is 21.2. The summed E-state index contributed by atoms with van der Waals surface area (Å²) in [7, 11) is 3.74. The second-order valence-corrected chi connectivity index (χ2v) is 6.52. The summed E-state index contributed by atoms with van der Waals surface area (Å²) in [5, 5.41) is 13.3. The number of nitrogens with zero attached hydrogens (tertiary/aromatic N) is 3. The van der Waals surface area contributed by atoms with Crippen LogP contribution in [-0.2, 0) is 6.54 Å². The molecule has 2 aromatic rings. The number of hydrogen-bond donors (Lipinski definition) is 1. The molecule has 0 spiro atoms. The lowest BCUT2D eigenvalue weighted by Gasteiger charge is -2.33. The van der Waals surface area contributed by atoms with E-state index in [9.17, 15) is 5.11 Å². The van der Waals surface area contributed by atoms with Gasteiger partial charge in [0.25, 0.3) is 0 Å². The Balaban J connectivity index is 1.61. The number of aliphatic hydroxyl groups excluding tert-OH is 1. The first kappa shape index (κ1) is 16.9. The van der Waals surface area contributed by atoms with Gasteiger partial charge in [-0.05, 0) is 50.8 Å². The maximum atomic E-state index is 9.24.